The third-order valence-corrected chi connectivity index (χ3v) is 4.63. The molecule has 0 spiro atoms. The minimum absolute atomic E-state index is 0.278. The van der Waals surface area contributed by atoms with Gasteiger partial charge in [0.2, 0.25) is 0 Å². The first-order valence-electron chi connectivity index (χ1n) is 9.00. The fraction of sp³-hybridized carbons (Fsp3) is 0.182. The van der Waals surface area contributed by atoms with Crippen molar-refractivity contribution in [2.24, 2.45) is 5.10 Å². The highest BCUT2D eigenvalue weighted by atomic mass is 35.5. The molecule has 3 aromatic rings. The molecule has 0 saturated carbocycles. The van der Waals surface area contributed by atoms with Crippen molar-refractivity contribution in [1.29, 1.82) is 0 Å². The lowest BCUT2D eigenvalue weighted by molar-refractivity contribution is 0.0601. The van der Waals surface area contributed by atoms with Crippen LogP contribution in [-0.2, 0) is 11.3 Å². The number of ether oxygens (including phenoxy) is 3. The molecule has 0 saturated heterocycles. The molecule has 0 aliphatic rings. The molecule has 0 fully saturated rings. The number of hydrazone groups is 1. The number of halogens is 1. The molecule has 7 nitrogen and oxygen atoms in total. The molecule has 0 bridgehead atoms. The summed E-state index contributed by atoms with van der Waals surface area (Å²) < 4.78 is 21.0. The Kier molecular flexibility index (Phi) is 6.98. The summed E-state index contributed by atoms with van der Waals surface area (Å²) in [6.07, 6.45) is 1.57. The van der Waals surface area contributed by atoms with Crippen LogP contribution in [0.1, 0.15) is 21.7 Å². The smallest absolute Gasteiger partial charge is 0.339 e. The standard InChI is InChI=1S/C22H21ClN2O5/c1-27-20-8-4-14(10-21(20)28-2)12-24-25-13-16-6-9-19(30-16)15-5-7-18(23)17(11-15)22(26)29-3/h4-11,13,24H,12H2,1-3H3/b25-13+. The van der Waals surface area contributed by atoms with E-state index >= 15 is 0 Å². The Hall–Kier alpha value is -3.45. The van der Waals surface area contributed by atoms with Gasteiger partial charge in [-0.15, -0.1) is 0 Å². The number of esters is 1. The van der Waals surface area contributed by atoms with E-state index < -0.39 is 5.97 Å². The van der Waals surface area contributed by atoms with Crippen LogP contribution in [0.5, 0.6) is 11.5 Å². The van der Waals surface area contributed by atoms with Crippen molar-refractivity contribution < 1.29 is 23.4 Å². The van der Waals surface area contributed by atoms with Gasteiger partial charge in [-0.05, 0) is 48.0 Å². The van der Waals surface area contributed by atoms with Crippen LogP contribution < -0.4 is 14.9 Å². The Morgan fingerprint density at radius 1 is 1.07 bits per heavy atom. The molecule has 0 atom stereocenters. The van der Waals surface area contributed by atoms with Gasteiger partial charge in [0.25, 0.3) is 0 Å². The van der Waals surface area contributed by atoms with E-state index in [1.165, 1.54) is 7.11 Å². The number of rotatable bonds is 8. The number of benzene rings is 2. The predicted octanol–water partition coefficient (Wildman–Crippen LogP) is 4.53. The van der Waals surface area contributed by atoms with Crippen molar-refractivity contribution in [2.45, 2.75) is 6.54 Å². The molecule has 0 radical (unpaired) electrons. The van der Waals surface area contributed by atoms with E-state index in [0.29, 0.717) is 40.2 Å². The van der Waals surface area contributed by atoms with Gasteiger partial charge in [0.15, 0.2) is 11.5 Å². The van der Waals surface area contributed by atoms with Crippen LogP contribution in [-0.4, -0.2) is 33.5 Å². The first kappa shape index (κ1) is 21.3. The molecule has 30 heavy (non-hydrogen) atoms. The van der Waals surface area contributed by atoms with Crippen molar-refractivity contribution >= 4 is 23.8 Å². The second kappa shape index (κ2) is 9.84. The zero-order valence-electron chi connectivity index (χ0n) is 16.8. The number of methoxy groups -OCH3 is 3. The van der Waals surface area contributed by atoms with Crippen LogP contribution in [0.25, 0.3) is 11.3 Å². The Morgan fingerprint density at radius 3 is 2.60 bits per heavy atom. The van der Waals surface area contributed by atoms with E-state index in [1.807, 2.05) is 18.2 Å². The number of hydrogen-bond acceptors (Lipinski definition) is 7. The summed E-state index contributed by atoms with van der Waals surface area (Å²) in [5, 5.41) is 4.50. The topological polar surface area (TPSA) is 82.3 Å². The summed E-state index contributed by atoms with van der Waals surface area (Å²) in [6, 6.07) is 14.2. The van der Waals surface area contributed by atoms with Crippen LogP contribution in [0.3, 0.4) is 0 Å². The van der Waals surface area contributed by atoms with Gasteiger partial charge in [0.05, 0.1) is 44.7 Å². The maximum absolute atomic E-state index is 11.8. The van der Waals surface area contributed by atoms with E-state index in [9.17, 15) is 4.79 Å². The van der Waals surface area contributed by atoms with Gasteiger partial charge in [0, 0.05) is 5.56 Å². The largest absolute Gasteiger partial charge is 0.493 e. The van der Waals surface area contributed by atoms with Crippen LogP contribution in [0, 0.1) is 0 Å². The average molecular weight is 429 g/mol. The van der Waals surface area contributed by atoms with E-state index in [0.717, 1.165) is 5.56 Å². The van der Waals surface area contributed by atoms with E-state index in [4.69, 9.17) is 30.2 Å². The lowest BCUT2D eigenvalue weighted by Crippen LogP contribution is -2.05. The minimum atomic E-state index is -0.505. The van der Waals surface area contributed by atoms with Gasteiger partial charge in [-0.1, -0.05) is 17.7 Å². The number of hydrogen-bond donors (Lipinski definition) is 1. The molecule has 1 aromatic heterocycles. The van der Waals surface area contributed by atoms with Crippen LogP contribution in [0.4, 0.5) is 0 Å². The molecule has 2 aromatic carbocycles. The molecular formula is C22H21ClN2O5. The number of nitrogens with zero attached hydrogens (tertiary/aromatic N) is 1. The zero-order valence-corrected chi connectivity index (χ0v) is 17.5. The van der Waals surface area contributed by atoms with Crippen molar-refractivity contribution in [3.63, 3.8) is 0 Å². The van der Waals surface area contributed by atoms with Crippen molar-refractivity contribution in [3.8, 4) is 22.8 Å². The third-order valence-electron chi connectivity index (χ3n) is 4.30. The number of nitrogens with one attached hydrogen (secondary N) is 1. The zero-order chi connectivity index (χ0) is 21.5. The van der Waals surface area contributed by atoms with Crippen LogP contribution >= 0.6 is 11.6 Å². The second-order valence-corrected chi connectivity index (χ2v) is 6.58. The predicted molar refractivity (Wildman–Crippen MR) is 114 cm³/mol. The van der Waals surface area contributed by atoms with Crippen LogP contribution in [0.2, 0.25) is 5.02 Å². The van der Waals surface area contributed by atoms with Crippen molar-refractivity contribution in [3.05, 3.63) is 70.4 Å². The first-order chi connectivity index (χ1) is 14.5. The number of carbonyl (C=O) groups is 1. The molecule has 3 rings (SSSR count). The van der Waals surface area contributed by atoms with Gasteiger partial charge >= 0.3 is 5.97 Å². The summed E-state index contributed by atoms with van der Waals surface area (Å²) in [7, 11) is 4.50. The maximum Gasteiger partial charge on any atom is 0.339 e. The van der Waals surface area contributed by atoms with E-state index in [1.54, 1.807) is 50.8 Å². The quantitative estimate of drug-likeness (QED) is 0.322. The summed E-state index contributed by atoms with van der Waals surface area (Å²) >= 11 is 6.06. The van der Waals surface area contributed by atoms with E-state index in [2.05, 4.69) is 10.5 Å². The van der Waals surface area contributed by atoms with Crippen molar-refractivity contribution in [1.82, 2.24) is 5.43 Å². The molecule has 0 aliphatic carbocycles. The molecule has 0 aliphatic heterocycles. The van der Waals surface area contributed by atoms with Crippen LogP contribution in [0.15, 0.2) is 58.0 Å². The van der Waals surface area contributed by atoms with Gasteiger partial charge < -0.3 is 24.1 Å². The summed E-state index contributed by atoms with van der Waals surface area (Å²) in [5.74, 6) is 1.96. The van der Waals surface area contributed by atoms with Gasteiger partial charge in [-0.2, -0.15) is 5.10 Å². The molecule has 0 unspecified atom stereocenters. The average Bonchev–Trinajstić information content (AvgIpc) is 3.25. The maximum atomic E-state index is 11.8. The second-order valence-electron chi connectivity index (χ2n) is 6.17. The molecule has 156 valence electrons. The summed E-state index contributed by atoms with van der Waals surface area (Å²) in [6.45, 7) is 0.504. The first-order valence-corrected chi connectivity index (χ1v) is 9.38. The number of furan rings is 1. The Balaban J connectivity index is 1.65. The highest BCUT2D eigenvalue weighted by Gasteiger charge is 2.13. The normalized spacial score (nSPS) is 10.8. The lowest BCUT2D eigenvalue weighted by Gasteiger charge is -2.09. The summed E-state index contributed by atoms with van der Waals surface area (Å²) in [5.41, 5.74) is 4.93. The third kappa shape index (κ3) is 4.93. The Labute approximate surface area is 179 Å². The molecule has 0 amide bonds. The minimum Gasteiger partial charge on any atom is -0.493 e. The highest BCUT2D eigenvalue weighted by Crippen LogP contribution is 2.28. The summed E-state index contributed by atoms with van der Waals surface area (Å²) in [4.78, 5) is 11.8. The Bertz CT molecular complexity index is 1060. The molecule has 8 heteroatoms. The molecule has 1 N–H and O–H groups in total. The lowest BCUT2D eigenvalue weighted by atomic mass is 10.1. The fourth-order valence-electron chi connectivity index (χ4n) is 2.76. The fourth-order valence-corrected chi connectivity index (χ4v) is 2.95. The van der Waals surface area contributed by atoms with Gasteiger partial charge in [-0.3, -0.25) is 0 Å². The number of carbonyl (C=O) groups excluding carboxylic acids is 1. The molecular weight excluding hydrogens is 408 g/mol. The monoisotopic (exact) mass is 428 g/mol. The molecule has 1 heterocycles. The SMILES string of the molecule is COC(=O)c1cc(-c2ccc(/C=N/NCc3ccc(OC)c(OC)c3)o2)ccc1Cl. The van der Waals surface area contributed by atoms with Gasteiger partial charge in [-0.25, -0.2) is 4.79 Å². The van der Waals surface area contributed by atoms with Gasteiger partial charge in [0.1, 0.15) is 11.5 Å². The highest BCUT2D eigenvalue weighted by molar-refractivity contribution is 6.33. The van der Waals surface area contributed by atoms with E-state index in [-0.39, 0.29) is 5.56 Å². The van der Waals surface area contributed by atoms with Crippen molar-refractivity contribution in [2.75, 3.05) is 21.3 Å². The Morgan fingerprint density at radius 2 is 1.87 bits per heavy atom.